The Hall–Kier alpha value is -3.52. The minimum Gasteiger partial charge on any atom is -0.370 e. The number of thiazole rings is 1. The molecule has 1 saturated heterocycles. The van der Waals surface area contributed by atoms with E-state index in [1.165, 1.54) is 27.4 Å². The Kier molecular flexibility index (Phi) is 5.84. The van der Waals surface area contributed by atoms with Gasteiger partial charge in [-0.3, -0.25) is 19.3 Å². The standard InChI is InChI=1S/C28H28N4O3S/c1-18(25-29-12-15-36-25)32-27(34)22-9-4-10-23(24(22)28(32)35)30-13-5-8-21(17-30)26(33)31-14-11-19-6-2-3-7-20(19)16-31/h2-4,6-7,9-10,12,15,18,21H,5,8,11,13-14,16-17H2,1H3/t18-,21+/m0/s1. The molecule has 3 aromatic rings. The first kappa shape index (κ1) is 22.9. The maximum atomic E-state index is 13.6. The van der Waals surface area contributed by atoms with E-state index in [9.17, 15) is 14.4 Å². The summed E-state index contributed by atoms with van der Waals surface area (Å²) in [5.74, 6) is -0.508. The second-order valence-corrected chi connectivity index (χ2v) is 10.7. The summed E-state index contributed by atoms with van der Waals surface area (Å²) >= 11 is 1.44. The van der Waals surface area contributed by atoms with Crippen molar-refractivity contribution in [2.24, 2.45) is 5.92 Å². The summed E-state index contributed by atoms with van der Waals surface area (Å²) in [5.41, 5.74) is 4.18. The minimum atomic E-state index is -0.428. The quantitative estimate of drug-likeness (QED) is 0.500. The lowest BCUT2D eigenvalue weighted by atomic mass is 9.93. The van der Waals surface area contributed by atoms with Crippen LogP contribution in [0.1, 0.15) is 62.7 Å². The number of hydrogen-bond acceptors (Lipinski definition) is 6. The molecule has 3 amide bonds. The number of aromatic nitrogens is 1. The highest BCUT2D eigenvalue weighted by molar-refractivity contribution is 7.09. The van der Waals surface area contributed by atoms with Gasteiger partial charge in [0.25, 0.3) is 11.8 Å². The molecule has 3 aliphatic rings. The second-order valence-electron chi connectivity index (χ2n) is 9.79. The summed E-state index contributed by atoms with van der Waals surface area (Å²) in [5, 5.41) is 2.58. The fraction of sp³-hybridized carbons (Fsp3) is 0.357. The first-order chi connectivity index (χ1) is 17.5. The van der Waals surface area contributed by atoms with Gasteiger partial charge in [0.15, 0.2) is 0 Å². The van der Waals surface area contributed by atoms with Crippen LogP contribution in [0.2, 0.25) is 0 Å². The first-order valence-electron chi connectivity index (χ1n) is 12.5. The largest absolute Gasteiger partial charge is 0.370 e. The smallest absolute Gasteiger partial charge is 0.264 e. The molecular weight excluding hydrogens is 472 g/mol. The van der Waals surface area contributed by atoms with E-state index in [1.807, 2.05) is 35.4 Å². The fourth-order valence-corrected chi connectivity index (χ4v) is 6.48. The zero-order chi connectivity index (χ0) is 24.8. The molecule has 0 radical (unpaired) electrons. The number of rotatable bonds is 4. The molecule has 7 nitrogen and oxygen atoms in total. The van der Waals surface area contributed by atoms with Crippen molar-refractivity contribution in [1.29, 1.82) is 0 Å². The predicted octanol–water partition coefficient (Wildman–Crippen LogP) is 4.30. The molecule has 1 aromatic heterocycles. The van der Waals surface area contributed by atoms with Crippen LogP contribution in [0.15, 0.2) is 54.0 Å². The number of fused-ring (bicyclic) bond motifs is 2. The molecule has 0 saturated carbocycles. The van der Waals surface area contributed by atoms with E-state index in [0.717, 1.165) is 43.0 Å². The van der Waals surface area contributed by atoms with Crippen LogP contribution >= 0.6 is 11.3 Å². The topological polar surface area (TPSA) is 73.8 Å². The highest BCUT2D eigenvalue weighted by Gasteiger charge is 2.42. The summed E-state index contributed by atoms with van der Waals surface area (Å²) < 4.78 is 0. The number of imide groups is 1. The molecular formula is C28H28N4O3S. The molecule has 4 heterocycles. The Balaban J connectivity index is 1.23. The average molecular weight is 501 g/mol. The van der Waals surface area contributed by atoms with Gasteiger partial charge in [-0.25, -0.2) is 4.98 Å². The predicted molar refractivity (Wildman–Crippen MR) is 138 cm³/mol. The number of amides is 3. The average Bonchev–Trinajstić information content (AvgIpc) is 3.55. The van der Waals surface area contributed by atoms with Gasteiger partial charge in [-0.1, -0.05) is 30.3 Å². The molecule has 0 spiro atoms. The summed E-state index contributed by atoms with van der Waals surface area (Å²) in [7, 11) is 0. The van der Waals surface area contributed by atoms with Gasteiger partial charge >= 0.3 is 0 Å². The van der Waals surface area contributed by atoms with Gasteiger partial charge in [0.05, 0.1) is 28.8 Å². The van der Waals surface area contributed by atoms with Gasteiger partial charge in [-0.05, 0) is 49.4 Å². The van der Waals surface area contributed by atoms with E-state index in [-0.39, 0.29) is 23.6 Å². The SMILES string of the molecule is C[C@@H](c1nccs1)N1C(=O)c2cccc(N3CCC[C@@H](C(=O)N4CCc5ccccc5C4)C3)c2C1=O. The molecule has 0 aliphatic carbocycles. The highest BCUT2D eigenvalue weighted by atomic mass is 32.1. The number of hydrogen-bond donors (Lipinski definition) is 0. The van der Waals surface area contributed by atoms with E-state index in [1.54, 1.807) is 12.3 Å². The van der Waals surface area contributed by atoms with Crippen LogP contribution in [0.25, 0.3) is 0 Å². The van der Waals surface area contributed by atoms with E-state index < -0.39 is 6.04 Å². The number of piperidine rings is 1. The summed E-state index contributed by atoms with van der Waals surface area (Å²) in [4.78, 5) is 50.1. The molecule has 0 unspecified atom stereocenters. The third-order valence-corrected chi connectivity index (χ3v) is 8.62. The van der Waals surface area contributed by atoms with Crippen LogP contribution in [-0.2, 0) is 17.8 Å². The van der Waals surface area contributed by atoms with Crippen LogP contribution in [0.3, 0.4) is 0 Å². The molecule has 36 heavy (non-hydrogen) atoms. The highest BCUT2D eigenvalue weighted by Crippen LogP contribution is 2.38. The van der Waals surface area contributed by atoms with Crippen molar-refractivity contribution in [1.82, 2.24) is 14.8 Å². The Morgan fingerprint density at radius 3 is 2.69 bits per heavy atom. The van der Waals surface area contributed by atoms with Gasteiger partial charge in [0.1, 0.15) is 5.01 Å². The summed E-state index contributed by atoms with van der Waals surface area (Å²) in [6, 6.07) is 13.4. The van der Waals surface area contributed by atoms with E-state index in [4.69, 9.17) is 0 Å². The lowest BCUT2D eigenvalue weighted by molar-refractivity contribution is -0.136. The minimum absolute atomic E-state index is 0.127. The molecule has 2 aromatic carbocycles. The van der Waals surface area contributed by atoms with E-state index in [2.05, 4.69) is 28.1 Å². The Morgan fingerprint density at radius 2 is 1.89 bits per heavy atom. The van der Waals surface area contributed by atoms with Crippen molar-refractivity contribution < 1.29 is 14.4 Å². The lowest BCUT2D eigenvalue weighted by Crippen LogP contribution is -2.46. The van der Waals surface area contributed by atoms with E-state index in [0.29, 0.717) is 24.2 Å². The maximum absolute atomic E-state index is 13.6. The van der Waals surface area contributed by atoms with Crippen molar-refractivity contribution in [3.05, 3.63) is 81.3 Å². The van der Waals surface area contributed by atoms with Gasteiger partial charge in [0, 0.05) is 37.8 Å². The molecule has 8 heteroatoms. The monoisotopic (exact) mass is 500 g/mol. The normalized spacial score (nSPS) is 20.4. The number of nitrogens with zero attached hydrogens (tertiary/aromatic N) is 4. The zero-order valence-electron chi connectivity index (χ0n) is 20.2. The van der Waals surface area contributed by atoms with Crippen LogP contribution in [0.4, 0.5) is 5.69 Å². The van der Waals surface area contributed by atoms with Gasteiger partial charge in [-0.15, -0.1) is 11.3 Å². The maximum Gasteiger partial charge on any atom is 0.264 e. The molecule has 3 aliphatic heterocycles. The fourth-order valence-electron chi connectivity index (χ4n) is 5.79. The Bertz CT molecular complexity index is 1340. The van der Waals surface area contributed by atoms with Crippen molar-refractivity contribution in [3.8, 4) is 0 Å². The van der Waals surface area contributed by atoms with Crippen molar-refractivity contribution >= 4 is 34.7 Å². The number of benzene rings is 2. The van der Waals surface area contributed by atoms with Crippen molar-refractivity contribution in [2.75, 3.05) is 24.5 Å². The van der Waals surface area contributed by atoms with Crippen molar-refractivity contribution in [3.63, 3.8) is 0 Å². The van der Waals surface area contributed by atoms with E-state index >= 15 is 0 Å². The van der Waals surface area contributed by atoms with Crippen LogP contribution in [0.5, 0.6) is 0 Å². The number of anilines is 1. The molecule has 1 fully saturated rings. The van der Waals surface area contributed by atoms with Crippen LogP contribution in [-0.4, -0.2) is 52.1 Å². The van der Waals surface area contributed by atoms with Crippen molar-refractivity contribution in [2.45, 2.75) is 38.8 Å². The lowest BCUT2D eigenvalue weighted by Gasteiger charge is -2.38. The number of carbonyl (C=O) groups excluding carboxylic acids is 3. The molecule has 0 bridgehead atoms. The Morgan fingerprint density at radius 1 is 1.06 bits per heavy atom. The molecule has 0 N–H and O–H groups in total. The molecule has 6 rings (SSSR count). The second kappa shape index (κ2) is 9.17. The summed E-state index contributed by atoms with van der Waals surface area (Å²) in [6.45, 7) is 4.54. The summed E-state index contributed by atoms with van der Waals surface area (Å²) in [6.07, 6.45) is 4.27. The Labute approximate surface area is 214 Å². The van der Waals surface area contributed by atoms with Crippen LogP contribution in [0, 0.1) is 5.92 Å². The molecule has 2 atom stereocenters. The molecule has 184 valence electrons. The third kappa shape index (κ3) is 3.80. The first-order valence-corrected chi connectivity index (χ1v) is 13.4. The zero-order valence-corrected chi connectivity index (χ0v) is 21.0. The van der Waals surface area contributed by atoms with Gasteiger partial charge in [-0.2, -0.15) is 0 Å². The number of carbonyl (C=O) groups is 3. The van der Waals surface area contributed by atoms with Crippen LogP contribution < -0.4 is 4.90 Å². The third-order valence-electron chi connectivity index (χ3n) is 7.67. The van der Waals surface area contributed by atoms with Gasteiger partial charge < -0.3 is 9.80 Å². The van der Waals surface area contributed by atoms with Gasteiger partial charge in [0.2, 0.25) is 5.91 Å².